The minimum atomic E-state index is -3.60. The minimum Gasteiger partial charge on any atom is -0.378 e. The van der Waals surface area contributed by atoms with Gasteiger partial charge in [0.25, 0.3) is 15.9 Å². The summed E-state index contributed by atoms with van der Waals surface area (Å²) in [6, 6.07) is 20.6. The van der Waals surface area contributed by atoms with Crippen molar-refractivity contribution in [3.8, 4) is 11.1 Å². The number of aryl methyl sites for hydroxylation is 1. The first-order valence-corrected chi connectivity index (χ1v) is 12.6. The van der Waals surface area contributed by atoms with Crippen molar-refractivity contribution in [1.82, 2.24) is 4.90 Å². The monoisotopic (exact) mass is 462 g/mol. The van der Waals surface area contributed by atoms with E-state index in [1.54, 1.807) is 12.1 Å². The minimum absolute atomic E-state index is 0.0239. The Hall–Kier alpha value is -3.16. The highest BCUT2D eigenvalue weighted by Crippen LogP contribution is 2.36. The van der Waals surface area contributed by atoms with Crippen LogP contribution in [0.15, 0.2) is 71.6 Å². The lowest BCUT2D eigenvalue weighted by molar-refractivity contribution is 0.0303. The number of fused-ring (bicyclic) bond motifs is 1. The van der Waals surface area contributed by atoms with Crippen molar-refractivity contribution < 1.29 is 17.9 Å². The number of morpholine rings is 1. The number of hydrogen-bond donors (Lipinski definition) is 0. The van der Waals surface area contributed by atoms with Gasteiger partial charge >= 0.3 is 0 Å². The largest absolute Gasteiger partial charge is 0.378 e. The second-order valence-corrected chi connectivity index (χ2v) is 10.2. The van der Waals surface area contributed by atoms with Gasteiger partial charge in [-0.1, -0.05) is 36.4 Å². The smallest absolute Gasteiger partial charge is 0.264 e. The molecule has 3 aromatic carbocycles. The number of carbonyl (C=O) groups excluding carboxylic acids is 1. The lowest BCUT2D eigenvalue weighted by Crippen LogP contribution is -2.40. The van der Waals surface area contributed by atoms with Crippen molar-refractivity contribution in [1.29, 1.82) is 0 Å². The first kappa shape index (κ1) is 21.7. The van der Waals surface area contributed by atoms with Gasteiger partial charge in [-0.2, -0.15) is 0 Å². The molecule has 0 atom stereocenters. The molecule has 2 aliphatic heterocycles. The van der Waals surface area contributed by atoms with E-state index in [4.69, 9.17) is 4.74 Å². The predicted molar refractivity (Wildman–Crippen MR) is 128 cm³/mol. The van der Waals surface area contributed by atoms with Crippen molar-refractivity contribution >= 4 is 21.6 Å². The molecule has 7 heteroatoms. The highest BCUT2D eigenvalue weighted by atomic mass is 32.2. The molecule has 5 rings (SSSR count). The maximum atomic E-state index is 13.3. The summed E-state index contributed by atoms with van der Waals surface area (Å²) in [6.45, 7) is 4.65. The van der Waals surface area contributed by atoms with Crippen LogP contribution in [0.3, 0.4) is 0 Å². The quantitative estimate of drug-likeness (QED) is 0.590. The summed E-state index contributed by atoms with van der Waals surface area (Å²) in [7, 11) is -3.60. The number of rotatable bonds is 4. The molecular weight excluding hydrogens is 436 g/mol. The van der Waals surface area contributed by atoms with Gasteiger partial charge in [0.2, 0.25) is 0 Å². The molecule has 0 spiro atoms. The van der Waals surface area contributed by atoms with Crippen LogP contribution in [0.25, 0.3) is 11.1 Å². The van der Waals surface area contributed by atoms with Gasteiger partial charge in [0.05, 0.1) is 23.8 Å². The normalized spacial score (nSPS) is 16.0. The van der Waals surface area contributed by atoms with E-state index in [2.05, 4.69) is 6.07 Å². The molecule has 6 nitrogen and oxygen atoms in total. The summed E-state index contributed by atoms with van der Waals surface area (Å²) in [6.07, 6.45) is 0.669. The Morgan fingerprint density at radius 3 is 2.30 bits per heavy atom. The highest BCUT2D eigenvalue weighted by Gasteiger charge is 2.31. The summed E-state index contributed by atoms with van der Waals surface area (Å²) in [5.74, 6) is 0.0239. The number of hydrogen-bond acceptors (Lipinski definition) is 4. The first-order chi connectivity index (χ1) is 15.9. The molecule has 0 unspecified atom stereocenters. The molecule has 3 aromatic rings. The zero-order valence-electron chi connectivity index (χ0n) is 18.5. The molecular formula is C26H26N2O4S. The van der Waals surface area contributed by atoms with Crippen LogP contribution < -0.4 is 4.31 Å². The Balaban J connectivity index is 1.38. The molecule has 0 N–H and O–H groups in total. The lowest BCUT2D eigenvalue weighted by Gasteiger charge is -2.26. The summed E-state index contributed by atoms with van der Waals surface area (Å²) in [5.41, 5.74) is 5.16. The summed E-state index contributed by atoms with van der Waals surface area (Å²) < 4.78 is 33.4. The van der Waals surface area contributed by atoms with Crippen LogP contribution in [0, 0.1) is 6.92 Å². The molecule has 1 saturated heterocycles. The van der Waals surface area contributed by atoms with Gasteiger partial charge in [0, 0.05) is 25.2 Å². The molecule has 0 bridgehead atoms. The Morgan fingerprint density at radius 1 is 0.879 bits per heavy atom. The zero-order valence-corrected chi connectivity index (χ0v) is 19.3. The Kier molecular flexibility index (Phi) is 5.68. The Bertz CT molecular complexity index is 1300. The number of carbonyl (C=O) groups is 1. The number of nitrogens with zero attached hydrogens (tertiary/aromatic N) is 2. The van der Waals surface area contributed by atoms with Gasteiger partial charge in [-0.05, 0) is 65.9 Å². The van der Waals surface area contributed by atoms with E-state index < -0.39 is 10.0 Å². The SMILES string of the molecule is Cc1ccccc1S(=O)(=O)N1CCc2cc(-c3ccc(C(=O)N4CCOCC4)cc3)ccc21. The zero-order chi connectivity index (χ0) is 23.0. The third-order valence-corrected chi connectivity index (χ3v) is 8.33. The van der Waals surface area contributed by atoms with Crippen molar-refractivity contribution in [2.75, 3.05) is 37.2 Å². The van der Waals surface area contributed by atoms with Gasteiger partial charge in [-0.25, -0.2) is 8.42 Å². The third kappa shape index (κ3) is 4.03. The van der Waals surface area contributed by atoms with Crippen molar-refractivity contribution in [3.05, 3.63) is 83.4 Å². The Labute approximate surface area is 194 Å². The number of anilines is 1. The number of amides is 1. The van der Waals surface area contributed by atoms with Gasteiger partial charge < -0.3 is 9.64 Å². The fourth-order valence-electron chi connectivity index (χ4n) is 4.52. The van der Waals surface area contributed by atoms with Crippen molar-refractivity contribution in [2.24, 2.45) is 0 Å². The number of ether oxygens (including phenoxy) is 1. The third-order valence-electron chi connectivity index (χ3n) is 6.36. The fraction of sp³-hybridized carbons (Fsp3) is 0.269. The highest BCUT2D eigenvalue weighted by molar-refractivity contribution is 7.93. The maximum absolute atomic E-state index is 13.3. The van der Waals surface area contributed by atoms with Gasteiger partial charge in [0.1, 0.15) is 0 Å². The second-order valence-electron chi connectivity index (χ2n) is 8.42. The molecule has 170 valence electrons. The van der Waals surface area contributed by atoms with Crippen LogP contribution in [0.4, 0.5) is 5.69 Å². The average Bonchev–Trinajstić information content (AvgIpc) is 3.29. The van der Waals surface area contributed by atoms with E-state index in [9.17, 15) is 13.2 Å². The second kappa shape index (κ2) is 8.65. The van der Waals surface area contributed by atoms with Crippen molar-refractivity contribution in [2.45, 2.75) is 18.2 Å². The first-order valence-electron chi connectivity index (χ1n) is 11.1. The van der Waals surface area contributed by atoms with E-state index in [0.29, 0.717) is 49.7 Å². The molecule has 0 saturated carbocycles. The van der Waals surface area contributed by atoms with E-state index in [0.717, 1.165) is 27.9 Å². The van der Waals surface area contributed by atoms with Gasteiger partial charge in [-0.15, -0.1) is 0 Å². The molecule has 1 fully saturated rings. The fourth-order valence-corrected chi connectivity index (χ4v) is 6.25. The lowest BCUT2D eigenvalue weighted by atomic mass is 10.0. The Morgan fingerprint density at radius 2 is 1.58 bits per heavy atom. The molecule has 2 aliphatic rings. The van der Waals surface area contributed by atoms with Crippen LogP contribution in [0.1, 0.15) is 21.5 Å². The number of sulfonamides is 1. The average molecular weight is 463 g/mol. The van der Waals surface area contributed by atoms with Crippen LogP contribution >= 0.6 is 0 Å². The van der Waals surface area contributed by atoms with E-state index in [1.165, 1.54) is 4.31 Å². The summed E-state index contributed by atoms with van der Waals surface area (Å²) in [5, 5.41) is 0. The van der Waals surface area contributed by atoms with E-state index in [1.807, 2.05) is 60.4 Å². The van der Waals surface area contributed by atoms with E-state index in [-0.39, 0.29) is 5.91 Å². The number of benzene rings is 3. The topological polar surface area (TPSA) is 66.9 Å². The molecule has 1 amide bonds. The van der Waals surface area contributed by atoms with Crippen molar-refractivity contribution in [3.63, 3.8) is 0 Å². The van der Waals surface area contributed by atoms with E-state index >= 15 is 0 Å². The van der Waals surface area contributed by atoms with Gasteiger partial charge in [-0.3, -0.25) is 9.10 Å². The standard InChI is InChI=1S/C26H26N2O4S/c1-19-4-2-3-5-25(19)33(30,31)28-13-12-23-18-22(10-11-24(23)28)20-6-8-21(9-7-20)26(29)27-14-16-32-17-15-27/h2-11,18H,12-17H2,1H3. The predicted octanol–water partition coefficient (Wildman–Crippen LogP) is 3.89. The summed E-state index contributed by atoms with van der Waals surface area (Å²) in [4.78, 5) is 14.8. The maximum Gasteiger partial charge on any atom is 0.264 e. The van der Waals surface area contributed by atoms with Crippen LogP contribution in [-0.2, 0) is 21.2 Å². The summed E-state index contributed by atoms with van der Waals surface area (Å²) >= 11 is 0. The van der Waals surface area contributed by atoms with Gasteiger partial charge in [0.15, 0.2) is 0 Å². The molecule has 0 aliphatic carbocycles. The van der Waals surface area contributed by atoms with Crippen LogP contribution in [0.2, 0.25) is 0 Å². The van der Waals surface area contributed by atoms with Crippen LogP contribution in [0.5, 0.6) is 0 Å². The van der Waals surface area contributed by atoms with Crippen LogP contribution in [-0.4, -0.2) is 52.1 Å². The molecule has 2 heterocycles. The molecule has 33 heavy (non-hydrogen) atoms. The molecule has 0 aromatic heterocycles. The molecule has 0 radical (unpaired) electrons.